The van der Waals surface area contributed by atoms with E-state index in [1.807, 2.05) is 91.8 Å². The summed E-state index contributed by atoms with van der Waals surface area (Å²) in [7, 11) is 0. The number of rotatable bonds is 16. The Morgan fingerprint density at radius 3 is 0.915 bits per heavy atom. The van der Waals surface area contributed by atoms with Gasteiger partial charge in [-0.15, -0.1) is 0 Å². The first-order valence-corrected chi connectivity index (χ1v) is 27.3. The fraction of sp³-hybridized carbons (Fsp3) is 0.171. The van der Waals surface area contributed by atoms with Crippen LogP contribution in [0.5, 0.6) is 46.0 Å². The number of carbonyl (C=O) groups is 2. The molecule has 0 fully saturated rings. The topological polar surface area (TPSA) is 95.1 Å². The van der Waals surface area contributed by atoms with E-state index in [-0.39, 0.29) is 113 Å². The first kappa shape index (κ1) is 54.5. The van der Waals surface area contributed by atoms with Crippen LogP contribution in [0.4, 0.5) is 28.9 Å². The third-order valence-electron chi connectivity index (χ3n) is 14.9. The van der Waals surface area contributed by atoms with Gasteiger partial charge in [-0.05, 0) is 124 Å². The van der Waals surface area contributed by atoms with E-state index in [9.17, 15) is 0 Å². The third kappa shape index (κ3) is 10.0. The summed E-state index contributed by atoms with van der Waals surface area (Å²) in [5, 5.41) is 8.44. The van der Waals surface area contributed by atoms with Crippen molar-refractivity contribution in [3.05, 3.63) is 227 Å². The molecular formula is C70H58F4N2O6. The van der Waals surface area contributed by atoms with Crippen molar-refractivity contribution in [2.24, 2.45) is 0 Å². The van der Waals surface area contributed by atoms with E-state index in [2.05, 4.69) is 10.6 Å². The van der Waals surface area contributed by atoms with Crippen LogP contribution < -0.4 is 29.6 Å². The summed E-state index contributed by atoms with van der Waals surface area (Å²) in [5.41, 5.74) is 4.33. The number of amides is 2. The van der Waals surface area contributed by atoms with Gasteiger partial charge in [0.25, 0.3) is 11.8 Å². The molecule has 0 unspecified atom stereocenters. The molecule has 0 bridgehead atoms. The van der Waals surface area contributed by atoms with Crippen molar-refractivity contribution < 1.29 is 46.1 Å². The second-order valence-corrected chi connectivity index (χ2v) is 21.6. The highest BCUT2D eigenvalue weighted by atomic mass is 19.1. The maximum Gasteiger partial charge on any atom is 0.256 e. The van der Waals surface area contributed by atoms with Gasteiger partial charge in [0, 0.05) is 49.1 Å². The minimum Gasteiger partial charge on any atom is -0.454 e. The van der Waals surface area contributed by atoms with E-state index >= 15 is 27.2 Å². The molecule has 0 heterocycles. The smallest absolute Gasteiger partial charge is 0.256 e. The Morgan fingerprint density at radius 2 is 0.610 bits per heavy atom. The first-order valence-electron chi connectivity index (χ1n) is 27.3. The Labute approximate surface area is 472 Å². The number of hydrogen-bond donors (Lipinski definition) is 2. The van der Waals surface area contributed by atoms with E-state index in [1.54, 1.807) is 48.5 Å². The molecule has 2 N–H and O–H groups in total. The molecule has 12 heteroatoms. The molecule has 0 aromatic heterocycles. The van der Waals surface area contributed by atoms with Gasteiger partial charge in [0.05, 0.1) is 11.1 Å². The summed E-state index contributed by atoms with van der Waals surface area (Å²) in [5.74, 6) is -5.25. The number of hydrogen-bond acceptors (Lipinski definition) is 6. The fourth-order valence-corrected chi connectivity index (χ4v) is 11.0. The van der Waals surface area contributed by atoms with Crippen LogP contribution in [-0.2, 0) is 0 Å². The Balaban J connectivity index is 1.38. The van der Waals surface area contributed by atoms with Crippen LogP contribution in [0.25, 0.3) is 43.1 Å². The summed E-state index contributed by atoms with van der Waals surface area (Å²) < 4.78 is 91.6. The summed E-state index contributed by atoms with van der Waals surface area (Å²) in [6.07, 6.45) is 0. The van der Waals surface area contributed by atoms with Gasteiger partial charge in [0.1, 0.15) is 23.0 Å². The number of nitrogens with one attached hydrogen (secondary N) is 2. The van der Waals surface area contributed by atoms with E-state index in [4.69, 9.17) is 18.9 Å². The van der Waals surface area contributed by atoms with Crippen molar-refractivity contribution in [3.8, 4) is 46.0 Å². The molecule has 8 nitrogen and oxygen atoms in total. The largest absolute Gasteiger partial charge is 0.454 e. The van der Waals surface area contributed by atoms with E-state index in [0.717, 1.165) is 22.3 Å². The zero-order valence-electron chi connectivity index (χ0n) is 46.4. The lowest BCUT2D eigenvalue weighted by molar-refractivity contribution is 0.102. The summed E-state index contributed by atoms with van der Waals surface area (Å²) in [6.45, 7) is 16.2. The van der Waals surface area contributed by atoms with Crippen molar-refractivity contribution in [1.29, 1.82) is 0 Å². The molecule has 82 heavy (non-hydrogen) atoms. The second kappa shape index (κ2) is 22.3. The van der Waals surface area contributed by atoms with Crippen LogP contribution in [0.1, 0.15) is 122 Å². The molecule has 0 saturated carbocycles. The van der Waals surface area contributed by atoms with Gasteiger partial charge in [0.15, 0.2) is 46.3 Å². The Kier molecular flexibility index (Phi) is 14.8. The molecule has 0 radical (unpaired) electrons. The van der Waals surface area contributed by atoms with Gasteiger partial charge >= 0.3 is 0 Å². The molecule has 0 atom stereocenters. The minimum absolute atomic E-state index is 0.0568. The average Bonchev–Trinajstić information content (AvgIpc) is 3.42. The lowest BCUT2D eigenvalue weighted by Crippen LogP contribution is -2.20. The molecule has 2 amide bonds. The monoisotopic (exact) mass is 1100 g/mol. The quantitative estimate of drug-likeness (QED) is 0.0569. The van der Waals surface area contributed by atoms with E-state index in [1.165, 1.54) is 84.9 Å². The number of fused-ring (bicyclic) bond motifs is 2. The summed E-state index contributed by atoms with van der Waals surface area (Å²) in [4.78, 5) is 32.3. The van der Waals surface area contributed by atoms with Crippen LogP contribution in [0, 0.1) is 23.3 Å². The standard InChI is InChI=1S/C70H58F4N2O6/c1-37(2)42-19-17-20-43(38(3)4)67(42)75-69(77)46-35-58(81-54-29-15-11-25-50(54)73)64-62-56(79-52-27-13-9-23-48(52)71)33-31-41-32-34-57(80-53-28-14-10-24-49(53)72)63(60(41)62)65-59(82-55-30-16-12-26-51(55)74)36-47(61(46)66(64)65)70(78)76-68-44(39(5)6)21-18-22-45(68)40(7)8/h9-40H,1-8H3,(H,75,77)(H,76,78). The minimum atomic E-state index is -0.743. The highest BCUT2D eigenvalue weighted by Gasteiger charge is 2.33. The molecule has 0 aliphatic carbocycles. The molecule has 11 rings (SSSR count). The van der Waals surface area contributed by atoms with Crippen LogP contribution in [0.2, 0.25) is 0 Å². The van der Waals surface area contributed by atoms with Crippen LogP contribution in [0.15, 0.2) is 170 Å². The maximum atomic E-state index is 16.3. The SMILES string of the molecule is CC(C)c1cccc(C(C)C)c1NC(=O)c1cc(Oc2ccccc2F)c2c3c(Oc4ccccc4F)ccc4ccc(Oc5ccccc5F)c(c5c(Oc6ccccc6F)cc(C(=O)Nc6c(C(C)C)cccc6C(C)C)c1c25)c43. The first-order chi connectivity index (χ1) is 39.5. The van der Waals surface area contributed by atoms with Crippen molar-refractivity contribution in [3.63, 3.8) is 0 Å². The summed E-state index contributed by atoms with van der Waals surface area (Å²) >= 11 is 0. The highest BCUT2D eigenvalue weighted by molar-refractivity contribution is 6.41. The molecule has 11 aromatic rings. The number of halogens is 4. The number of anilines is 2. The molecular weight excluding hydrogens is 1040 g/mol. The third-order valence-corrected chi connectivity index (χ3v) is 14.9. The molecule has 0 spiro atoms. The van der Waals surface area contributed by atoms with E-state index < -0.39 is 35.1 Å². The molecule has 412 valence electrons. The second-order valence-electron chi connectivity index (χ2n) is 21.6. The van der Waals surface area contributed by atoms with Crippen molar-refractivity contribution in [2.75, 3.05) is 10.6 Å². The van der Waals surface area contributed by atoms with Gasteiger partial charge in [0.2, 0.25) is 0 Å². The lowest BCUT2D eigenvalue weighted by Gasteiger charge is -2.26. The van der Waals surface area contributed by atoms with Gasteiger partial charge in [-0.3, -0.25) is 9.59 Å². The number of benzene rings is 11. The van der Waals surface area contributed by atoms with Crippen molar-refractivity contribution >= 4 is 66.3 Å². The zero-order chi connectivity index (χ0) is 57.7. The Bertz CT molecular complexity index is 3990. The normalized spacial score (nSPS) is 11.7. The lowest BCUT2D eigenvalue weighted by atomic mass is 9.84. The molecule has 0 saturated heterocycles. The predicted molar refractivity (Wildman–Crippen MR) is 319 cm³/mol. The van der Waals surface area contributed by atoms with Gasteiger partial charge in [-0.1, -0.05) is 152 Å². The van der Waals surface area contributed by atoms with Gasteiger partial charge in [-0.2, -0.15) is 0 Å². The molecule has 11 aromatic carbocycles. The number of para-hydroxylation sites is 6. The highest BCUT2D eigenvalue weighted by Crippen LogP contribution is 2.56. The Hall–Kier alpha value is -9.42. The van der Waals surface area contributed by atoms with Crippen LogP contribution >= 0.6 is 0 Å². The van der Waals surface area contributed by atoms with Crippen LogP contribution in [-0.4, -0.2) is 11.8 Å². The van der Waals surface area contributed by atoms with E-state index in [0.29, 0.717) is 22.1 Å². The van der Waals surface area contributed by atoms with Gasteiger partial charge < -0.3 is 29.6 Å². The number of carbonyl (C=O) groups excluding carboxylic acids is 2. The average molecular weight is 1100 g/mol. The number of ether oxygens (including phenoxy) is 4. The van der Waals surface area contributed by atoms with Crippen molar-refractivity contribution in [2.45, 2.75) is 79.1 Å². The van der Waals surface area contributed by atoms with Crippen molar-refractivity contribution in [1.82, 2.24) is 0 Å². The molecule has 0 aliphatic heterocycles. The maximum absolute atomic E-state index is 16.3. The van der Waals surface area contributed by atoms with Crippen LogP contribution in [0.3, 0.4) is 0 Å². The summed E-state index contributed by atoms with van der Waals surface area (Å²) in [6, 6.07) is 44.7. The predicted octanol–water partition coefficient (Wildman–Crippen LogP) is 20.5. The fourth-order valence-electron chi connectivity index (χ4n) is 11.0. The Morgan fingerprint density at radius 1 is 0.317 bits per heavy atom. The van der Waals surface area contributed by atoms with Gasteiger partial charge in [-0.25, -0.2) is 17.6 Å². The zero-order valence-corrected chi connectivity index (χ0v) is 46.4. The molecule has 0 aliphatic rings.